The Balaban J connectivity index is 1.56. The lowest BCUT2D eigenvalue weighted by molar-refractivity contribution is -0.168. The molecule has 0 bridgehead atoms. The summed E-state index contributed by atoms with van der Waals surface area (Å²) in [7, 11) is 0. The summed E-state index contributed by atoms with van der Waals surface area (Å²) in [6.45, 7) is 9.61. The lowest BCUT2D eigenvalue weighted by Gasteiger charge is -2.60. The molecule has 4 fully saturated rings. The summed E-state index contributed by atoms with van der Waals surface area (Å²) in [5, 5.41) is 0. The molecule has 8 unspecified atom stereocenters. The van der Waals surface area contributed by atoms with Crippen LogP contribution in [0, 0.1) is 40.4 Å². The van der Waals surface area contributed by atoms with Gasteiger partial charge in [-0.15, -0.1) is 0 Å². The van der Waals surface area contributed by atoms with Crippen molar-refractivity contribution in [2.45, 2.75) is 92.1 Å². The predicted octanol–water partition coefficient (Wildman–Crippen LogP) is 5.22. The Bertz CT molecular complexity index is 800. The molecule has 0 aromatic rings. The van der Waals surface area contributed by atoms with Crippen LogP contribution < -0.4 is 0 Å². The molecule has 4 aliphatic rings. The highest BCUT2D eigenvalue weighted by atomic mass is 16.5. The molecule has 0 heterocycles. The minimum Gasteiger partial charge on any atom is -0.463 e. The lowest BCUT2D eigenvalue weighted by atomic mass is 9.44. The van der Waals surface area contributed by atoms with Gasteiger partial charge in [0.15, 0.2) is 0 Å². The van der Waals surface area contributed by atoms with Crippen LogP contribution in [-0.4, -0.2) is 23.8 Å². The number of carbonyl (C=O) groups excluding carboxylic acids is 3. The third kappa shape index (κ3) is 3.76. The summed E-state index contributed by atoms with van der Waals surface area (Å²) >= 11 is 0. The molecule has 0 amide bonds. The average molecular weight is 431 g/mol. The molecule has 172 valence electrons. The second-order valence-corrected chi connectivity index (χ2v) is 11.3. The van der Waals surface area contributed by atoms with Gasteiger partial charge in [-0.25, -0.2) is 0 Å². The maximum atomic E-state index is 13.7. The van der Waals surface area contributed by atoms with E-state index in [0.29, 0.717) is 35.9 Å². The quantitative estimate of drug-likeness (QED) is 0.453. The molecule has 31 heavy (non-hydrogen) atoms. The van der Waals surface area contributed by atoms with Gasteiger partial charge in [0.25, 0.3) is 0 Å². The molecule has 0 N–H and O–H groups in total. The van der Waals surface area contributed by atoms with E-state index in [-0.39, 0.29) is 34.8 Å². The van der Waals surface area contributed by atoms with Crippen LogP contribution in [0.15, 0.2) is 11.8 Å². The molecule has 8 atom stereocenters. The zero-order valence-electron chi connectivity index (χ0n) is 19.7. The second-order valence-electron chi connectivity index (χ2n) is 11.3. The topological polar surface area (TPSA) is 69.7 Å². The van der Waals surface area contributed by atoms with Crippen molar-refractivity contribution in [3.05, 3.63) is 11.8 Å². The first-order valence-electron chi connectivity index (χ1n) is 12.1. The summed E-state index contributed by atoms with van der Waals surface area (Å²) < 4.78 is 10.7. The monoisotopic (exact) mass is 430 g/mol. The highest BCUT2D eigenvalue weighted by Gasteiger charge is 2.63. The van der Waals surface area contributed by atoms with Gasteiger partial charge in [0, 0.05) is 26.2 Å². The van der Waals surface area contributed by atoms with Crippen molar-refractivity contribution in [1.29, 1.82) is 0 Å². The minimum absolute atomic E-state index is 0.0148. The van der Waals surface area contributed by atoms with Gasteiger partial charge in [0.1, 0.15) is 11.9 Å². The molecule has 4 rings (SSSR count). The van der Waals surface area contributed by atoms with Crippen molar-refractivity contribution in [1.82, 2.24) is 0 Å². The van der Waals surface area contributed by atoms with Crippen molar-refractivity contribution in [2.75, 3.05) is 0 Å². The maximum absolute atomic E-state index is 13.7. The Morgan fingerprint density at radius 1 is 0.968 bits per heavy atom. The number of ether oxygens (including phenoxy) is 2. The fourth-order valence-electron chi connectivity index (χ4n) is 8.38. The zero-order chi connectivity index (χ0) is 22.6. The van der Waals surface area contributed by atoms with Crippen molar-refractivity contribution in [2.24, 2.45) is 40.4 Å². The molecule has 5 heteroatoms. The van der Waals surface area contributed by atoms with Crippen LogP contribution in [0.5, 0.6) is 0 Å². The molecule has 0 aliphatic heterocycles. The Hall–Kier alpha value is -1.65. The number of fused-ring (bicyclic) bond motifs is 5. The number of esters is 2. The number of allylic oxidation sites excluding steroid dienone is 1. The molecular formula is C26H38O5. The summed E-state index contributed by atoms with van der Waals surface area (Å²) in [6, 6.07) is 0. The third-order valence-corrected chi connectivity index (χ3v) is 9.59. The Morgan fingerprint density at radius 3 is 2.39 bits per heavy atom. The normalized spacial score (nSPS) is 44.7. The standard InChI is InChI=1S/C26H38O5/c1-15(14-30-16(2)27)21-8-9-22-20-7-6-18-12-19(31-17(3)28)10-11-25(18,4)24(20)23(29)13-26(21,22)5/h14,18-22,24H,6-13H2,1-5H3/b15-14+. The Labute approximate surface area is 186 Å². The fraction of sp³-hybridized carbons (Fsp3) is 0.808. The number of hydrogen-bond donors (Lipinski definition) is 0. The predicted molar refractivity (Wildman–Crippen MR) is 117 cm³/mol. The highest BCUT2D eigenvalue weighted by molar-refractivity contribution is 5.84. The van der Waals surface area contributed by atoms with E-state index in [2.05, 4.69) is 13.8 Å². The van der Waals surface area contributed by atoms with E-state index in [4.69, 9.17) is 9.47 Å². The zero-order valence-corrected chi connectivity index (χ0v) is 19.7. The van der Waals surface area contributed by atoms with Crippen LogP contribution in [0.4, 0.5) is 0 Å². The van der Waals surface area contributed by atoms with Crippen LogP contribution >= 0.6 is 0 Å². The molecular weight excluding hydrogens is 392 g/mol. The molecule has 0 spiro atoms. The number of ketones is 1. The number of rotatable bonds is 3. The third-order valence-electron chi connectivity index (χ3n) is 9.59. The van der Waals surface area contributed by atoms with Gasteiger partial charge >= 0.3 is 11.9 Å². The largest absolute Gasteiger partial charge is 0.463 e. The van der Waals surface area contributed by atoms with Crippen molar-refractivity contribution >= 4 is 17.7 Å². The van der Waals surface area contributed by atoms with Crippen molar-refractivity contribution in [3.63, 3.8) is 0 Å². The van der Waals surface area contributed by atoms with Crippen LogP contribution in [0.3, 0.4) is 0 Å². The smallest absolute Gasteiger partial charge is 0.307 e. The van der Waals surface area contributed by atoms with Gasteiger partial charge in [-0.2, -0.15) is 0 Å². The molecule has 0 aromatic carbocycles. The number of carbonyl (C=O) groups is 3. The molecule has 0 saturated heterocycles. The van der Waals surface area contributed by atoms with Crippen molar-refractivity contribution in [3.8, 4) is 0 Å². The van der Waals surface area contributed by atoms with E-state index in [1.807, 2.05) is 6.92 Å². The summed E-state index contributed by atoms with van der Waals surface area (Å²) in [5.41, 5.74) is 1.07. The minimum atomic E-state index is -0.297. The van der Waals surface area contributed by atoms with Gasteiger partial charge < -0.3 is 9.47 Å². The second kappa shape index (κ2) is 8.04. The average Bonchev–Trinajstić information content (AvgIpc) is 3.02. The van der Waals surface area contributed by atoms with E-state index in [9.17, 15) is 14.4 Å². The SMILES string of the molecule is CC(=O)O/C=C(\C)C1CCC2C3CCC4CC(OC(C)=O)CCC4(C)C3C(=O)CC12C. The van der Waals surface area contributed by atoms with E-state index in [1.165, 1.54) is 13.8 Å². The summed E-state index contributed by atoms with van der Waals surface area (Å²) in [6.07, 6.45) is 9.45. The Morgan fingerprint density at radius 2 is 1.71 bits per heavy atom. The first-order valence-corrected chi connectivity index (χ1v) is 12.1. The van der Waals surface area contributed by atoms with Crippen LogP contribution in [0.2, 0.25) is 0 Å². The summed E-state index contributed by atoms with van der Waals surface area (Å²) in [5.74, 6) is 1.84. The maximum Gasteiger partial charge on any atom is 0.307 e. The van der Waals surface area contributed by atoms with Gasteiger partial charge in [-0.05, 0) is 91.9 Å². The van der Waals surface area contributed by atoms with Gasteiger partial charge in [0.05, 0.1) is 6.26 Å². The van der Waals surface area contributed by atoms with Gasteiger partial charge in [-0.3, -0.25) is 14.4 Å². The van der Waals surface area contributed by atoms with E-state index < -0.39 is 0 Å². The fourth-order valence-corrected chi connectivity index (χ4v) is 8.38. The van der Waals surface area contributed by atoms with Crippen LogP contribution in [0.25, 0.3) is 0 Å². The van der Waals surface area contributed by atoms with Gasteiger partial charge in [-0.1, -0.05) is 13.8 Å². The number of Topliss-reactive ketones (excluding diaryl/α,β-unsaturated/α-hetero) is 1. The van der Waals surface area contributed by atoms with Crippen LogP contribution in [-0.2, 0) is 23.9 Å². The molecule has 0 radical (unpaired) electrons. The molecule has 0 aromatic heterocycles. The lowest BCUT2D eigenvalue weighted by Crippen LogP contribution is -2.57. The first kappa shape index (κ1) is 22.5. The van der Waals surface area contributed by atoms with E-state index >= 15 is 0 Å². The van der Waals surface area contributed by atoms with Crippen LogP contribution in [0.1, 0.15) is 86.0 Å². The van der Waals surface area contributed by atoms with E-state index in [0.717, 1.165) is 50.5 Å². The first-order chi connectivity index (χ1) is 14.6. The number of hydrogen-bond acceptors (Lipinski definition) is 5. The van der Waals surface area contributed by atoms with Gasteiger partial charge in [0.2, 0.25) is 0 Å². The van der Waals surface area contributed by atoms with Crippen molar-refractivity contribution < 1.29 is 23.9 Å². The molecule has 5 nitrogen and oxygen atoms in total. The molecule has 4 aliphatic carbocycles. The Kier molecular flexibility index (Phi) is 5.85. The van der Waals surface area contributed by atoms with E-state index in [1.54, 1.807) is 6.26 Å². The summed E-state index contributed by atoms with van der Waals surface area (Å²) in [4.78, 5) is 36.5. The molecule has 4 saturated carbocycles. The highest BCUT2D eigenvalue weighted by Crippen LogP contribution is 2.67.